The van der Waals surface area contributed by atoms with Crippen LogP contribution in [0.4, 0.5) is 10.5 Å². The van der Waals surface area contributed by atoms with Gasteiger partial charge in [0.05, 0.1) is 6.54 Å². The lowest BCUT2D eigenvalue weighted by atomic mass is 10.0. The fraction of sp³-hybridized carbons (Fsp3) is 0.130. The van der Waals surface area contributed by atoms with E-state index < -0.39 is 6.04 Å². The molecule has 0 spiro atoms. The topological polar surface area (TPSA) is 75.4 Å². The molecule has 0 radical (unpaired) electrons. The van der Waals surface area contributed by atoms with Gasteiger partial charge in [-0.05, 0) is 34.4 Å². The SMILES string of the molecule is Nc1ccc(CC2NC(=O)N(Cc3ccc(-c4ccccc4)cc3)C2=O)cc1. The maximum Gasteiger partial charge on any atom is 0.325 e. The van der Waals surface area contributed by atoms with Crippen LogP contribution in [0.3, 0.4) is 0 Å². The zero-order valence-corrected chi connectivity index (χ0v) is 15.3. The molecule has 4 rings (SSSR count). The largest absolute Gasteiger partial charge is 0.399 e. The first-order valence-corrected chi connectivity index (χ1v) is 9.21. The first kappa shape index (κ1) is 17.8. The van der Waals surface area contributed by atoms with Crippen LogP contribution in [0, 0.1) is 0 Å². The standard InChI is InChI=1S/C23H21N3O2/c24-20-12-8-16(9-13-20)14-21-22(27)26(23(28)25-21)15-17-6-10-19(11-7-17)18-4-2-1-3-5-18/h1-13,21H,14-15,24H2,(H,25,28). The van der Waals surface area contributed by atoms with Crippen LogP contribution in [-0.2, 0) is 17.8 Å². The number of carbonyl (C=O) groups is 2. The molecule has 0 aliphatic carbocycles. The Hall–Kier alpha value is -3.60. The van der Waals surface area contributed by atoms with E-state index in [0.717, 1.165) is 22.3 Å². The van der Waals surface area contributed by atoms with Gasteiger partial charge in [-0.25, -0.2) is 4.79 Å². The van der Waals surface area contributed by atoms with Gasteiger partial charge >= 0.3 is 6.03 Å². The molecule has 0 aromatic heterocycles. The summed E-state index contributed by atoms with van der Waals surface area (Å²) in [4.78, 5) is 26.3. The molecule has 1 atom stereocenters. The highest BCUT2D eigenvalue weighted by Crippen LogP contribution is 2.21. The summed E-state index contributed by atoms with van der Waals surface area (Å²) in [5.74, 6) is -0.200. The molecule has 1 fully saturated rings. The van der Waals surface area contributed by atoms with E-state index >= 15 is 0 Å². The van der Waals surface area contributed by atoms with Crippen molar-refractivity contribution in [1.82, 2.24) is 10.2 Å². The number of hydrogen-bond donors (Lipinski definition) is 2. The van der Waals surface area contributed by atoms with E-state index in [4.69, 9.17) is 5.73 Å². The smallest absolute Gasteiger partial charge is 0.325 e. The van der Waals surface area contributed by atoms with Crippen LogP contribution in [0.2, 0.25) is 0 Å². The maximum absolute atomic E-state index is 12.7. The predicted molar refractivity (Wildman–Crippen MR) is 109 cm³/mol. The number of nitrogen functional groups attached to an aromatic ring is 1. The van der Waals surface area contributed by atoms with Gasteiger partial charge in [0.25, 0.3) is 5.91 Å². The van der Waals surface area contributed by atoms with Gasteiger partial charge in [-0.1, -0.05) is 66.7 Å². The summed E-state index contributed by atoms with van der Waals surface area (Å²) in [6.45, 7) is 0.262. The van der Waals surface area contributed by atoms with E-state index in [0.29, 0.717) is 12.1 Å². The molecule has 3 aromatic carbocycles. The van der Waals surface area contributed by atoms with Crippen LogP contribution in [0.1, 0.15) is 11.1 Å². The zero-order chi connectivity index (χ0) is 19.5. The summed E-state index contributed by atoms with van der Waals surface area (Å²) in [5.41, 5.74) is 10.5. The molecule has 0 saturated carbocycles. The normalized spacial score (nSPS) is 16.3. The molecule has 5 heteroatoms. The average molecular weight is 371 g/mol. The number of benzene rings is 3. The molecule has 1 heterocycles. The molecule has 1 aliphatic rings. The van der Waals surface area contributed by atoms with Gasteiger partial charge < -0.3 is 11.1 Å². The highest BCUT2D eigenvalue weighted by Gasteiger charge is 2.37. The Morgan fingerprint density at radius 1 is 0.786 bits per heavy atom. The minimum absolute atomic E-state index is 0.200. The third-order valence-electron chi connectivity index (χ3n) is 4.93. The van der Waals surface area contributed by atoms with Crippen LogP contribution < -0.4 is 11.1 Å². The number of urea groups is 1. The molecule has 1 aliphatic heterocycles. The number of rotatable bonds is 5. The van der Waals surface area contributed by atoms with Gasteiger partial charge in [0.1, 0.15) is 6.04 Å². The van der Waals surface area contributed by atoms with Gasteiger partial charge in [0.15, 0.2) is 0 Å². The second-order valence-corrected chi connectivity index (χ2v) is 6.94. The van der Waals surface area contributed by atoms with Crippen molar-refractivity contribution in [3.05, 3.63) is 90.0 Å². The first-order chi connectivity index (χ1) is 13.6. The number of nitrogens with one attached hydrogen (secondary N) is 1. The number of hydrogen-bond acceptors (Lipinski definition) is 3. The summed E-state index contributed by atoms with van der Waals surface area (Å²) in [7, 11) is 0. The average Bonchev–Trinajstić information content (AvgIpc) is 2.98. The number of nitrogens with zero attached hydrogens (tertiary/aromatic N) is 1. The first-order valence-electron chi connectivity index (χ1n) is 9.21. The molecule has 3 aromatic rings. The second kappa shape index (κ2) is 7.56. The Morgan fingerprint density at radius 3 is 2.07 bits per heavy atom. The lowest BCUT2D eigenvalue weighted by Gasteiger charge is -2.14. The Bertz CT molecular complexity index is 983. The Kier molecular flexibility index (Phi) is 4.81. The minimum atomic E-state index is -0.542. The highest BCUT2D eigenvalue weighted by molar-refractivity contribution is 6.04. The van der Waals surface area contributed by atoms with Gasteiger partial charge in [-0.2, -0.15) is 0 Å². The predicted octanol–water partition coefficient (Wildman–Crippen LogP) is 3.60. The summed E-state index contributed by atoms with van der Waals surface area (Å²) in [5, 5.41) is 2.78. The fourth-order valence-corrected chi connectivity index (χ4v) is 3.37. The van der Waals surface area contributed by atoms with E-state index in [9.17, 15) is 9.59 Å². The van der Waals surface area contributed by atoms with Gasteiger partial charge in [-0.15, -0.1) is 0 Å². The van der Waals surface area contributed by atoms with E-state index in [2.05, 4.69) is 5.32 Å². The second-order valence-electron chi connectivity index (χ2n) is 6.94. The van der Waals surface area contributed by atoms with E-state index in [1.807, 2.05) is 66.7 Å². The van der Waals surface area contributed by atoms with Crippen LogP contribution in [0.5, 0.6) is 0 Å². The quantitative estimate of drug-likeness (QED) is 0.531. The lowest BCUT2D eigenvalue weighted by Crippen LogP contribution is -2.32. The van der Waals surface area contributed by atoms with Crippen molar-refractivity contribution in [1.29, 1.82) is 0 Å². The monoisotopic (exact) mass is 371 g/mol. The summed E-state index contributed by atoms with van der Waals surface area (Å²) in [6.07, 6.45) is 0.453. The lowest BCUT2D eigenvalue weighted by molar-refractivity contribution is -0.127. The maximum atomic E-state index is 12.7. The molecular weight excluding hydrogens is 350 g/mol. The molecule has 1 saturated heterocycles. The highest BCUT2D eigenvalue weighted by atomic mass is 16.2. The van der Waals surface area contributed by atoms with Gasteiger partial charge in [0.2, 0.25) is 0 Å². The van der Waals surface area contributed by atoms with Crippen LogP contribution in [0.25, 0.3) is 11.1 Å². The van der Waals surface area contributed by atoms with Gasteiger partial charge in [-0.3, -0.25) is 9.69 Å². The van der Waals surface area contributed by atoms with Crippen molar-refractivity contribution in [3.8, 4) is 11.1 Å². The van der Waals surface area contributed by atoms with Crippen LogP contribution in [0.15, 0.2) is 78.9 Å². The van der Waals surface area contributed by atoms with E-state index in [1.165, 1.54) is 4.90 Å². The Morgan fingerprint density at radius 2 is 1.39 bits per heavy atom. The van der Waals surface area contributed by atoms with Crippen molar-refractivity contribution in [2.75, 3.05) is 5.73 Å². The number of amides is 3. The summed E-state index contributed by atoms with van der Waals surface area (Å²) < 4.78 is 0. The third kappa shape index (κ3) is 3.74. The van der Waals surface area contributed by atoms with E-state index in [-0.39, 0.29) is 18.5 Å². The molecule has 3 N–H and O–H groups in total. The number of anilines is 1. The number of nitrogens with two attached hydrogens (primary N) is 1. The molecule has 5 nitrogen and oxygen atoms in total. The van der Waals surface area contributed by atoms with Crippen molar-refractivity contribution in [3.63, 3.8) is 0 Å². The van der Waals surface area contributed by atoms with Crippen molar-refractivity contribution in [2.24, 2.45) is 0 Å². The molecule has 3 amide bonds. The molecule has 140 valence electrons. The minimum Gasteiger partial charge on any atom is -0.399 e. The number of carbonyl (C=O) groups excluding carboxylic acids is 2. The fourth-order valence-electron chi connectivity index (χ4n) is 3.37. The zero-order valence-electron chi connectivity index (χ0n) is 15.3. The molecule has 1 unspecified atom stereocenters. The summed E-state index contributed by atoms with van der Waals surface area (Å²) >= 11 is 0. The van der Waals surface area contributed by atoms with E-state index in [1.54, 1.807) is 12.1 Å². The summed E-state index contributed by atoms with van der Waals surface area (Å²) in [6, 6.07) is 24.5. The molecule has 28 heavy (non-hydrogen) atoms. The van der Waals surface area contributed by atoms with Crippen molar-refractivity contribution in [2.45, 2.75) is 19.0 Å². The molecular formula is C23H21N3O2. The third-order valence-corrected chi connectivity index (χ3v) is 4.93. The van der Waals surface area contributed by atoms with Crippen LogP contribution >= 0.6 is 0 Å². The number of imide groups is 1. The Balaban J connectivity index is 1.43. The van der Waals surface area contributed by atoms with Crippen molar-refractivity contribution < 1.29 is 9.59 Å². The van der Waals surface area contributed by atoms with Gasteiger partial charge in [0, 0.05) is 12.1 Å². The van der Waals surface area contributed by atoms with Crippen LogP contribution in [-0.4, -0.2) is 22.9 Å². The van der Waals surface area contributed by atoms with Crippen molar-refractivity contribution >= 4 is 17.6 Å². The molecule has 0 bridgehead atoms. The Labute approximate surface area is 163 Å².